The van der Waals surface area contributed by atoms with Crippen molar-refractivity contribution >= 4 is 0 Å². The van der Waals surface area contributed by atoms with Crippen molar-refractivity contribution in [1.82, 2.24) is 15.6 Å². The molecule has 0 spiro atoms. The van der Waals surface area contributed by atoms with Gasteiger partial charge in [-0.3, -0.25) is 4.98 Å². The molecule has 3 nitrogen and oxygen atoms in total. The smallest absolute Gasteiger partial charge is 0.141 e. The summed E-state index contributed by atoms with van der Waals surface area (Å²) in [4.78, 5) is 3.82. The zero-order chi connectivity index (χ0) is 9.10. The first-order chi connectivity index (χ1) is 6.36. The maximum Gasteiger partial charge on any atom is 0.141 e. The molecular weight excluding hydrogens is 169 g/mol. The lowest BCUT2D eigenvalue weighted by Crippen LogP contribution is -2.42. The first-order valence-corrected chi connectivity index (χ1v) is 4.41. The highest BCUT2D eigenvalue weighted by molar-refractivity contribution is 5.16. The van der Waals surface area contributed by atoms with Gasteiger partial charge in [0.15, 0.2) is 0 Å². The summed E-state index contributed by atoms with van der Waals surface area (Å²) in [5.74, 6) is -0.273. The summed E-state index contributed by atoms with van der Waals surface area (Å²) in [6.45, 7) is 2.73. The highest BCUT2D eigenvalue weighted by Gasteiger charge is 2.14. The number of nitrogens with zero attached hydrogens (tertiary/aromatic N) is 1. The predicted octanol–water partition coefficient (Wildman–Crippen LogP) is 0.455. The van der Waals surface area contributed by atoms with Crippen LogP contribution in [0.4, 0.5) is 4.39 Å². The maximum atomic E-state index is 12.8. The number of aromatic nitrogens is 1. The van der Waals surface area contributed by atoms with Crippen LogP contribution in [0.3, 0.4) is 0 Å². The number of hydrogen-bond donors (Lipinski definition) is 2. The Balaban J connectivity index is 2.14. The predicted molar refractivity (Wildman–Crippen MR) is 47.8 cm³/mol. The molecule has 1 atom stereocenters. The molecule has 1 saturated heterocycles. The van der Waals surface area contributed by atoms with Crippen molar-refractivity contribution in [3.63, 3.8) is 0 Å². The van der Waals surface area contributed by atoms with E-state index >= 15 is 0 Å². The molecule has 0 unspecified atom stereocenters. The number of piperazine rings is 1. The molecule has 0 aromatic carbocycles. The second-order valence-corrected chi connectivity index (χ2v) is 3.15. The monoisotopic (exact) mass is 181 g/mol. The number of pyridine rings is 1. The Bertz CT molecular complexity index is 284. The summed E-state index contributed by atoms with van der Waals surface area (Å²) >= 11 is 0. The average molecular weight is 181 g/mol. The molecule has 13 heavy (non-hydrogen) atoms. The van der Waals surface area contributed by atoms with Gasteiger partial charge in [0.1, 0.15) is 5.82 Å². The Morgan fingerprint density at radius 3 is 3.00 bits per heavy atom. The molecule has 4 heteroatoms. The van der Waals surface area contributed by atoms with Gasteiger partial charge in [-0.05, 0) is 11.6 Å². The molecule has 0 saturated carbocycles. The van der Waals surface area contributed by atoms with Gasteiger partial charge in [0.2, 0.25) is 0 Å². The molecule has 1 fully saturated rings. The van der Waals surface area contributed by atoms with Gasteiger partial charge in [-0.25, -0.2) is 4.39 Å². The Morgan fingerprint density at radius 2 is 2.31 bits per heavy atom. The lowest BCUT2D eigenvalue weighted by Gasteiger charge is -2.24. The van der Waals surface area contributed by atoms with E-state index < -0.39 is 0 Å². The fraction of sp³-hybridized carbons (Fsp3) is 0.444. The largest absolute Gasteiger partial charge is 0.314 e. The molecule has 70 valence electrons. The van der Waals surface area contributed by atoms with Gasteiger partial charge in [0.05, 0.1) is 6.20 Å². The molecule has 0 bridgehead atoms. The lowest BCUT2D eigenvalue weighted by molar-refractivity contribution is 0.427. The first kappa shape index (κ1) is 8.59. The minimum Gasteiger partial charge on any atom is -0.314 e. The topological polar surface area (TPSA) is 37.0 Å². The van der Waals surface area contributed by atoms with Crippen molar-refractivity contribution in [3.05, 3.63) is 29.8 Å². The van der Waals surface area contributed by atoms with Gasteiger partial charge in [-0.2, -0.15) is 0 Å². The molecule has 1 aromatic heterocycles. The van der Waals surface area contributed by atoms with Gasteiger partial charge in [-0.15, -0.1) is 0 Å². The molecule has 1 aromatic rings. The fourth-order valence-corrected chi connectivity index (χ4v) is 1.51. The van der Waals surface area contributed by atoms with E-state index in [4.69, 9.17) is 0 Å². The first-order valence-electron chi connectivity index (χ1n) is 4.41. The Morgan fingerprint density at radius 1 is 1.38 bits per heavy atom. The van der Waals surface area contributed by atoms with Crippen molar-refractivity contribution in [1.29, 1.82) is 0 Å². The van der Waals surface area contributed by atoms with Crippen LogP contribution in [0, 0.1) is 5.82 Å². The highest BCUT2D eigenvalue weighted by Crippen LogP contribution is 2.12. The van der Waals surface area contributed by atoms with Crippen molar-refractivity contribution in [3.8, 4) is 0 Å². The van der Waals surface area contributed by atoms with Crippen LogP contribution in [0.25, 0.3) is 0 Å². The second kappa shape index (κ2) is 3.81. The van der Waals surface area contributed by atoms with Crippen LogP contribution in [0.1, 0.15) is 11.6 Å². The van der Waals surface area contributed by atoms with Crippen LogP contribution in [-0.2, 0) is 0 Å². The summed E-state index contributed by atoms with van der Waals surface area (Å²) in [6, 6.07) is 1.72. The molecule has 0 radical (unpaired) electrons. The SMILES string of the molecule is Fc1cncc([C@@H]2CNCCN2)c1. The summed E-state index contributed by atoms with van der Waals surface area (Å²) in [6.07, 6.45) is 2.92. The van der Waals surface area contributed by atoms with Crippen LogP contribution in [0.2, 0.25) is 0 Å². The van der Waals surface area contributed by atoms with Crippen LogP contribution in [0.15, 0.2) is 18.5 Å². The Hall–Kier alpha value is -1.00. The Kier molecular flexibility index (Phi) is 2.52. The molecule has 1 aliphatic rings. The van der Waals surface area contributed by atoms with Crippen molar-refractivity contribution in [2.24, 2.45) is 0 Å². The summed E-state index contributed by atoms with van der Waals surface area (Å²) in [7, 11) is 0. The summed E-state index contributed by atoms with van der Waals surface area (Å²) in [5, 5.41) is 6.53. The third-order valence-electron chi connectivity index (χ3n) is 2.17. The second-order valence-electron chi connectivity index (χ2n) is 3.15. The maximum absolute atomic E-state index is 12.8. The van der Waals surface area contributed by atoms with E-state index in [1.54, 1.807) is 6.20 Å². The summed E-state index contributed by atoms with van der Waals surface area (Å²) in [5.41, 5.74) is 0.909. The van der Waals surface area contributed by atoms with E-state index in [1.807, 2.05) is 0 Å². The van der Waals surface area contributed by atoms with E-state index in [0.29, 0.717) is 0 Å². The summed E-state index contributed by atoms with van der Waals surface area (Å²) < 4.78 is 12.8. The normalized spacial score (nSPS) is 23.0. The lowest BCUT2D eigenvalue weighted by atomic mass is 10.1. The van der Waals surface area contributed by atoms with E-state index in [2.05, 4.69) is 15.6 Å². The minimum atomic E-state index is -0.273. The number of halogens is 1. The van der Waals surface area contributed by atoms with Crippen molar-refractivity contribution in [2.75, 3.05) is 19.6 Å². The molecule has 1 aliphatic heterocycles. The molecule has 2 N–H and O–H groups in total. The molecule has 0 aliphatic carbocycles. The van der Waals surface area contributed by atoms with Gasteiger partial charge in [0, 0.05) is 31.9 Å². The van der Waals surface area contributed by atoms with Gasteiger partial charge in [-0.1, -0.05) is 0 Å². The van der Waals surface area contributed by atoms with E-state index in [0.717, 1.165) is 25.2 Å². The molecule has 0 amide bonds. The average Bonchev–Trinajstić information content (AvgIpc) is 2.19. The number of rotatable bonds is 1. The zero-order valence-electron chi connectivity index (χ0n) is 7.26. The van der Waals surface area contributed by atoms with Crippen molar-refractivity contribution in [2.45, 2.75) is 6.04 Å². The van der Waals surface area contributed by atoms with E-state index in [9.17, 15) is 4.39 Å². The van der Waals surface area contributed by atoms with E-state index in [1.165, 1.54) is 12.3 Å². The van der Waals surface area contributed by atoms with Crippen molar-refractivity contribution < 1.29 is 4.39 Å². The third-order valence-corrected chi connectivity index (χ3v) is 2.17. The fourth-order valence-electron chi connectivity index (χ4n) is 1.51. The molecular formula is C9H12FN3. The minimum absolute atomic E-state index is 0.192. The van der Waals surface area contributed by atoms with Crippen LogP contribution in [-0.4, -0.2) is 24.6 Å². The van der Waals surface area contributed by atoms with Crippen LogP contribution < -0.4 is 10.6 Å². The Labute approximate surface area is 76.4 Å². The van der Waals surface area contributed by atoms with Crippen LogP contribution in [0.5, 0.6) is 0 Å². The number of nitrogens with one attached hydrogen (secondary N) is 2. The molecule has 2 rings (SSSR count). The van der Waals surface area contributed by atoms with E-state index in [-0.39, 0.29) is 11.9 Å². The van der Waals surface area contributed by atoms with Crippen LogP contribution >= 0.6 is 0 Å². The zero-order valence-corrected chi connectivity index (χ0v) is 7.26. The standard InChI is InChI=1S/C9H12FN3/c10-8-3-7(4-12-5-8)9-6-11-1-2-13-9/h3-5,9,11,13H,1-2,6H2/t9-/m0/s1. The highest BCUT2D eigenvalue weighted by atomic mass is 19.1. The van der Waals surface area contributed by atoms with Gasteiger partial charge in [0.25, 0.3) is 0 Å². The van der Waals surface area contributed by atoms with Gasteiger partial charge >= 0.3 is 0 Å². The number of hydrogen-bond acceptors (Lipinski definition) is 3. The quantitative estimate of drug-likeness (QED) is 0.660. The molecule has 2 heterocycles. The van der Waals surface area contributed by atoms with Gasteiger partial charge < -0.3 is 10.6 Å². The third kappa shape index (κ3) is 2.02.